The first kappa shape index (κ1) is 12.5. The molecule has 1 unspecified atom stereocenters. The number of hydroxylamine groups is 2. The van der Waals surface area contributed by atoms with Crippen molar-refractivity contribution in [3.05, 3.63) is 0 Å². The van der Waals surface area contributed by atoms with Crippen molar-refractivity contribution < 1.29 is 9.63 Å². The molecule has 1 amide bonds. The molecule has 1 rings (SSSR count). The average Bonchev–Trinajstić information content (AvgIpc) is 2.31. The summed E-state index contributed by atoms with van der Waals surface area (Å²) in [5, 5.41) is 1.59. The van der Waals surface area contributed by atoms with Gasteiger partial charge in [-0.1, -0.05) is 26.7 Å². The molecule has 1 atom stereocenters. The Bertz CT molecular complexity index is 188. The largest absolute Gasteiger partial charge is 0.272 e. The molecule has 0 radical (unpaired) electrons. The van der Waals surface area contributed by atoms with E-state index in [1.807, 2.05) is 0 Å². The molecule has 1 aliphatic heterocycles. The zero-order chi connectivity index (χ0) is 11.1. The Morgan fingerprint density at radius 3 is 2.73 bits per heavy atom. The number of rotatable bonds is 5. The van der Waals surface area contributed by atoms with Crippen molar-refractivity contribution in [1.82, 2.24) is 5.06 Å². The van der Waals surface area contributed by atoms with Crippen LogP contribution in [0.3, 0.4) is 0 Å². The van der Waals surface area contributed by atoms with Gasteiger partial charge in [0.1, 0.15) is 0 Å². The van der Waals surface area contributed by atoms with Crippen LogP contribution in [0.15, 0.2) is 0 Å². The lowest BCUT2D eigenvalue weighted by molar-refractivity contribution is -0.201. The van der Waals surface area contributed by atoms with Crippen molar-refractivity contribution in [1.29, 1.82) is 0 Å². The van der Waals surface area contributed by atoms with Crippen molar-refractivity contribution >= 4 is 5.91 Å². The normalized spacial score (nSPS) is 18.9. The molecular weight excluding hydrogens is 190 g/mol. The molecule has 0 bridgehead atoms. The van der Waals surface area contributed by atoms with Gasteiger partial charge in [0.15, 0.2) is 0 Å². The zero-order valence-electron chi connectivity index (χ0n) is 10.00. The van der Waals surface area contributed by atoms with E-state index in [0.29, 0.717) is 6.61 Å². The fourth-order valence-electron chi connectivity index (χ4n) is 1.93. The van der Waals surface area contributed by atoms with Crippen LogP contribution >= 0.6 is 0 Å². The van der Waals surface area contributed by atoms with E-state index >= 15 is 0 Å². The zero-order valence-corrected chi connectivity index (χ0v) is 10.00. The molecule has 0 spiro atoms. The van der Waals surface area contributed by atoms with E-state index < -0.39 is 0 Å². The fraction of sp³-hybridized carbons (Fsp3) is 0.917. The first-order valence-corrected chi connectivity index (χ1v) is 6.23. The lowest BCUT2D eigenvalue weighted by atomic mass is 9.98. The monoisotopic (exact) mass is 213 g/mol. The SMILES string of the molecule is CCCCC(CC)C(=O)N1CCCCO1. The van der Waals surface area contributed by atoms with Crippen molar-refractivity contribution in [2.75, 3.05) is 13.2 Å². The molecular formula is C12H23NO2. The maximum atomic E-state index is 12.0. The summed E-state index contributed by atoms with van der Waals surface area (Å²) in [6, 6.07) is 0. The Morgan fingerprint density at radius 1 is 1.40 bits per heavy atom. The van der Waals surface area contributed by atoms with E-state index in [9.17, 15) is 4.79 Å². The van der Waals surface area contributed by atoms with Crippen LogP contribution in [0.4, 0.5) is 0 Å². The fourth-order valence-corrected chi connectivity index (χ4v) is 1.93. The van der Waals surface area contributed by atoms with E-state index in [4.69, 9.17) is 4.84 Å². The van der Waals surface area contributed by atoms with E-state index in [-0.39, 0.29) is 11.8 Å². The standard InChI is InChI=1S/C12H23NO2/c1-3-5-8-11(4-2)12(14)13-9-6-7-10-15-13/h11H,3-10H2,1-2H3. The molecule has 3 nitrogen and oxygen atoms in total. The number of amides is 1. The molecule has 1 fully saturated rings. The van der Waals surface area contributed by atoms with Gasteiger partial charge in [-0.05, 0) is 25.7 Å². The number of hydrogen-bond donors (Lipinski definition) is 0. The smallest absolute Gasteiger partial charge is 0.249 e. The minimum absolute atomic E-state index is 0.169. The summed E-state index contributed by atoms with van der Waals surface area (Å²) in [6.07, 6.45) is 6.39. The van der Waals surface area contributed by atoms with Gasteiger partial charge in [-0.3, -0.25) is 9.63 Å². The van der Waals surface area contributed by atoms with Gasteiger partial charge in [0, 0.05) is 12.5 Å². The van der Waals surface area contributed by atoms with Gasteiger partial charge in [0.25, 0.3) is 0 Å². The highest BCUT2D eigenvalue weighted by Gasteiger charge is 2.24. The summed E-state index contributed by atoms with van der Waals surface area (Å²) >= 11 is 0. The van der Waals surface area contributed by atoms with Gasteiger partial charge in [0.2, 0.25) is 5.91 Å². The van der Waals surface area contributed by atoms with Gasteiger partial charge in [-0.25, -0.2) is 5.06 Å². The maximum absolute atomic E-state index is 12.0. The van der Waals surface area contributed by atoms with Gasteiger partial charge >= 0.3 is 0 Å². The van der Waals surface area contributed by atoms with Crippen LogP contribution in [0.1, 0.15) is 52.4 Å². The molecule has 1 heterocycles. The summed E-state index contributed by atoms with van der Waals surface area (Å²) < 4.78 is 0. The molecule has 0 aromatic rings. The minimum atomic E-state index is 0.169. The first-order valence-electron chi connectivity index (χ1n) is 6.23. The van der Waals surface area contributed by atoms with Gasteiger partial charge in [-0.15, -0.1) is 0 Å². The molecule has 0 aromatic heterocycles. The van der Waals surface area contributed by atoms with Crippen molar-refractivity contribution in [3.63, 3.8) is 0 Å². The van der Waals surface area contributed by atoms with Crippen molar-refractivity contribution in [2.24, 2.45) is 5.92 Å². The van der Waals surface area contributed by atoms with Crippen LogP contribution in [0.25, 0.3) is 0 Å². The Kier molecular flexibility index (Phi) is 5.69. The third-order valence-electron chi connectivity index (χ3n) is 3.00. The predicted octanol–water partition coefficient (Wildman–Crippen LogP) is 2.76. The van der Waals surface area contributed by atoms with E-state index in [0.717, 1.165) is 45.1 Å². The van der Waals surface area contributed by atoms with E-state index in [2.05, 4.69) is 13.8 Å². The Balaban J connectivity index is 2.40. The van der Waals surface area contributed by atoms with Crippen molar-refractivity contribution in [2.45, 2.75) is 52.4 Å². The first-order chi connectivity index (χ1) is 7.29. The Hall–Kier alpha value is -0.570. The maximum Gasteiger partial charge on any atom is 0.249 e. The quantitative estimate of drug-likeness (QED) is 0.702. The van der Waals surface area contributed by atoms with Crippen LogP contribution in [-0.4, -0.2) is 24.1 Å². The molecule has 0 aromatic carbocycles. The average molecular weight is 213 g/mol. The van der Waals surface area contributed by atoms with Crippen LogP contribution in [0.5, 0.6) is 0 Å². The number of unbranched alkanes of at least 4 members (excludes halogenated alkanes) is 1. The second-order valence-electron chi connectivity index (χ2n) is 4.23. The molecule has 1 saturated heterocycles. The second kappa shape index (κ2) is 6.83. The van der Waals surface area contributed by atoms with Crippen LogP contribution in [0.2, 0.25) is 0 Å². The number of carbonyl (C=O) groups is 1. The molecule has 88 valence electrons. The summed E-state index contributed by atoms with van der Waals surface area (Å²) in [7, 11) is 0. The van der Waals surface area contributed by atoms with E-state index in [1.165, 1.54) is 0 Å². The third-order valence-corrected chi connectivity index (χ3v) is 3.00. The Morgan fingerprint density at radius 2 is 2.20 bits per heavy atom. The Labute approximate surface area is 92.7 Å². The highest BCUT2D eigenvalue weighted by molar-refractivity contribution is 5.77. The number of nitrogens with zero attached hydrogens (tertiary/aromatic N) is 1. The highest BCUT2D eigenvalue weighted by atomic mass is 16.7. The summed E-state index contributed by atoms with van der Waals surface area (Å²) in [5.74, 6) is 0.369. The summed E-state index contributed by atoms with van der Waals surface area (Å²) in [6.45, 7) is 5.73. The van der Waals surface area contributed by atoms with Crippen LogP contribution in [-0.2, 0) is 9.63 Å². The van der Waals surface area contributed by atoms with Gasteiger partial charge < -0.3 is 0 Å². The van der Waals surface area contributed by atoms with E-state index in [1.54, 1.807) is 5.06 Å². The minimum Gasteiger partial charge on any atom is -0.272 e. The van der Waals surface area contributed by atoms with Gasteiger partial charge in [-0.2, -0.15) is 0 Å². The lowest BCUT2D eigenvalue weighted by Crippen LogP contribution is -2.39. The number of carbonyl (C=O) groups excluding carboxylic acids is 1. The summed E-state index contributed by atoms with van der Waals surface area (Å²) in [4.78, 5) is 17.4. The molecule has 0 saturated carbocycles. The molecule has 0 N–H and O–H groups in total. The molecule has 15 heavy (non-hydrogen) atoms. The van der Waals surface area contributed by atoms with Gasteiger partial charge in [0.05, 0.1) is 6.61 Å². The van der Waals surface area contributed by atoms with Crippen LogP contribution < -0.4 is 0 Å². The summed E-state index contributed by atoms with van der Waals surface area (Å²) in [5.41, 5.74) is 0. The van der Waals surface area contributed by atoms with Crippen molar-refractivity contribution in [3.8, 4) is 0 Å². The molecule has 0 aliphatic carbocycles. The molecule has 3 heteroatoms. The third kappa shape index (κ3) is 3.82. The number of hydrogen-bond acceptors (Lipinski definition) is 2. The lowest BCUT2D eigenvalue weighted by Gasteiger charge is -2.29. The molecule has 1 aliphatic rings. The topological polar surface area (TPSA) is 29.5 Å². The second-order valence-corrected chi connectivity index (χ2v) is 4.23. The van der Waals surface area contributed by atoms with Crippen LogP contribution in [0, 0.1) is 5.92 Å². The predicted molar refractivity (Wildman–Crippen MR) is 60.2 cm³/mol. The highest BCUT2D eigenvalue weighted by Crippen LogP contribution is 2.18.